The molecule has 0 spiro atoms. The first kappa shape index (κ1) is 16.2. The van der Waals surface area contributed by atoms with Crippen molar-refractivity contribution in [3.05, 3.63) is 71.8 Å². The third-order valence-corrected chi connectivity index (χ3v) is 4.97. The Hall–Kier alpha value is -3.26. The van der Waals surface area contributed by atoms with Gasteiger partial charge in [-0.2, -0.15) is 0 Å². The molecule has 1 N–H and O–H groups in total. The van der Waals surface area contributed by atoms with E-state index in [1.807, 2.05) is 42.1 Å². The highest BCUT2D eigenvalue weighted by Gasteiger charge is 2.17. The van der Waals surface area contributed by atoms with Crippen molar-refractivity contribution in [3.8, 4) is 16.4 Å². The van der Waals surface area contributed by atoms with Gasteiger partial charge < -0.3 is 14.3 Å². The molecule has 4 rings (SSSR count). The summed E-state index contributed by atoms with van der Waals surface area (Å²) in [6.07, 6.45) is 10.2. The Balaban J connectivity index is 1.52. The molecule has 0 bridgehead atoms. The summed E-state index contributed by atoms with van der Waals surface area (Å²) < 4.78 is 6.99. The Morgan fingerprint density at radius 2 is 2.08 bits per heavy atom. The number of nitrogens with one attached hydrogen (secondary N) is 1. The third kappa shape index (κ3) is 3.14. The number of amides is 1. The fraction of sp³-hybridized carbons (Fsp3) is 0.111. The number of nitrogens with zero attached hydrogens (tertiary/aromatic N) is 4. The third-order valence-electron chi connectivity index (χ3n) is 3.80. The summed E-state index contributed by atoms with van der Waals surface area (Å²) >= 11 is 1.35. The van der Waals surface area contributed by atoms with Gasteiger partial charge in [0.1, 0.15) is 4.88 Å². The topological polar surface area (TPSA) is 85.8 Å². The molecular formula is C18H15N5O2S. The lowest BCUT2D eigenvalue weighted by Crippen LogP contribution is -2.23. The fourth-order valence-electron chi connectivity index (χ4n) is 2.55. The zero-order valence-electron chi connectivity index (χ0n) is 13.9. The monoisotopic (exact) mass is 365 g/mol. The number of hydrogen-bond donors (Lipinski definition) is 1. The molecule has 0 saturated heterocycles. The zero-order valence-corrected chi connectivity index (χ0v) is 14.7. The number of carbonyl (C=O) groups excluding carboxylic acids is 1. The summed E-state index contributed by atoms with van der Waals surface area (Å²) in [6, 6.07) is 5.65. The smallest absolute Gasteiger partial charge is 0.263 e. The van der Waals surface area contributed by atoms with Crippen LogP contribution in [0.15, 0.2) is 59.9 Å². The molecule has 0 atom stereocenters. The molecule has 7 nitrogen and oxygen atoms in total. The SMILES string of the molecule is Cc1nc(-n2cccc2)sc1C(=O)NCc1nccnc1-c1ccoc1. The number of aromatic nitrogens is 4. The van der Waals surface area contributed by atoms with Gasteiger partial charge in [-0.1, -0.05) is 11.3 Å². The Bertz CT molecular complexity index is 1020. The van der Waals surface area contributed by atoms with Crippen molar-refractivity contribution in [1.29, 1.82) is 0 Å². The first-order valence-corrected chi connectivity index (χ1v) is 8.75. The predicted molar refractivity (Wildman–Crippen MR) is 97.1 cm³/mol. The van der Waals surface area contributed by atoms with Gasteiger partial charge in [0.05, 0.1) is 36.2 Å². The van der Waals surface area contributed by atoms with Crippen LogP contribution in [0.2, 0.25) is 0 Å². The summed E-state index contributed by atoms with van der Waals surface area (Å²) in [7, 11) is 0. The Kier molecular flexibility index (Phi) is 4.32. The van der Waals surface area contributed by atoms with Crippen molar-refractivity contribution < 1.29 is 9.21 Å². The molecule has 0 aromatic carbocycles. The van der Waals surface area contributed by atoms with E-state index >= 15 is 0 Å². The molecular weight excluding hydrogens is 350 g/mol. The van der Waals surface area contributed by atoms with E-state index in [0.717, 1.165) is 10.7 Å². The van der Waals surface area contributed by atoms with Gasteiger partial charge in [0.15, 0.2) is 5.13 Å². The molecule has 4 heterocycles. The number of rotatable bonds is 5. The van der Waals surface area contributed by atoms with Gasteiger partial charge in [0.25, 0.3) is 5.91 Å². The van der Waals surface area contributed by atoms with Gasteiger partial charge in [-0.05, 0) is 25.1 Å². The van der Waals surface area contributed by atoms with E-state index in [2.05, 4.69) is 20.3 Å². The number of hydrogen-bond acceptors (Lipinski definition) is 6. The molecule has 1 amide bonds. The van der Waals surface area contributed by atoms with Crippen LogP contribution in [0.3, 0.4) is 0 Å². The molecule has 0 aliphatic heterocycles. The summed E-state index contributed by atoms with van der Waals surface area (Å²) in [5.74, 6) is -0.179. The molecule has 0 saturated carbocycles. The first-order valence-electron chi connectivity index (χ1n) is 7.94. The molecule has 0 unspecified atom stereocenters. The second kappa shape index (κ2) is 6.93. The lowest BCUT2D eigenvalue weighted by atomic mass is 10.2. The maximum absolute atomic E-state index is 12.6. The number of thiazole rings is 1. The van der Waals surface area contributed by atoms with Gasteiger partial charge in [0, 0.05) is 30.4 Å². The summed E-state index contributed by atoms with van der Waals surface area (Å²) in [5, 5.41) is 3.67. The highest BCUT2D eigenvalue weighted by molar-refractivity contribution is 7.16. The van der Waals surface area contributed by atoms with E-state index in [9.17, 15) is 4.79 Å². The minimum Gasteiger partial charge on any atom is -0.472 e. The van der Waals surface area contributed by atoms with Gasteiger partial charge in [0.2, 0.25) is 0 Å². The predicted octanol–water partition coefficient (Wildman–Crippen LogP) is 3.22. The van der Waals surface area contributed by atoms with Crippen LogP contribution in [-0.2, 0) is 6.54 Å². The molecule has 0 aliphatic rings. The molecule has 8 heteroatoms. The van der Waals surface area contributed by atoms with Gasteiger partial charge in [-0.25, -0.2) is 4.98 Å². The summed E-state index contributed by atoms with van der Waals surface area (Å²) in [4.78, 5) is 26.3. The number of carbonyl (C=O) groups is 1. The van der Waals surface area contributed by atoms with Crippen LogP contribution in [0.1, 0.15) is 21.1 Å². The van der Waals surface area contributed by atoms with Crippen molar-refractivity contribution in [3.63, 3.8) is 0 Å². The summed E-state index contributed by atoms with van der Waals surface area (Å²) in [5.41, 5.74) is 2.89. The van der Waals surface area contributed by atoms with Crippen molar-refractivity contribution >= 4 is 17.2 Å². The van der Waals surface area contributed by atoms with E-state index in [1.54, 1.807) is 24.9 Å². The lowest BCUT2D eigenvalue weighted by Gasteiger charge is -2.07. The molecule has 130 valence electrons. The molecule has 4 aromatic heterocycles. The minimum atomic E-state index is -0.179. The van der Waals surface area contributed by atoms with Gasteiger partial charge in [-0.3, -0.25) is 14.8 Å². The van der Waals surface area contributed by atoms with E-state index in [0.29, 0.717) is 22.0 Å². The van der Waals surface area contributed by atoms with Crippen molar-refractivity contribution in [2.24, 2.45) is 0 Å². The fourth-order valence-corrected chi connectivity index (χ4v) is 3.50. The highest BCUT2D eigenvalue weighted by Crippen LogP contribution is 2.23. The Labute approximate surface area is 153 Å². The molecule has 26 heavy (non-hydrogen) atoms. The van der Waals surface area contributed by atoms with Crippen LogP contribution in [-0.4, -0.2) is 25.4 Å². The van der Waals surface area contributed by atoms with E-state index in [4.69, 9.17) is 4.42 Å². The Morgan fingerprint density at radius 3 is 2.85 bits per heavy atom. The largest absolute Gasteiger partial charge is 0.472 e. The average Bonchev–Trinajstić information content (AvgIpc) is 3.40. The quantitative estimate of drug-likeness (QED) is 0.587. The van der Waals surface area contributed by atoms with Crippen LogP contribution in [0.4, 0.5) is 0 Å². The van der Waals surface area contributed by atoms with Crippen LogP contribution in [0, 0.1) is 6.92 Å². The van der Waals surface area contributed by atoms with Crippen LogP contribution >= 0.6 is 11.3 Å². The van der Waals surface area contributed by atoms with Gasteiger partial charge >= 0.3 is 0 Å². The second-order valence-electron chi connectivity index (χ2n) is 5.55. The normalized spacial score (nSPS) is 10.8. The molecule has 0 fully saturated rings. The first-order chi connectivity index (χ1) is 12.7. The second-order valence-corrected chi connectivity index (χ2v) is 6.53. The van der Waals surface area contributed by atoms with Crippen molar-refractivity contribution in [2.75, 3.05) is 0 Å². The highest BCUT2D eigenvalue weighted by atomic mass is 32.1. The molecule has 0 aliphatic carbocycles. The van der Waals surface area contributed by atoms with Crippen LogP contribution in [0.25, 0.3) is 16.4 Å². The molecule has 4 aromatic rings. The molecule has 0 radical (unpaired) electrons. The minimum absolute atomic E-state index is 0.179. The maximum atomic E-state index is 12.6. The van der Waals surface area contributed by atoms with Gasteiger partial charge in [-0.15, -0.1) is 0 Å². The van der Waals surface area contributed by atoms with E-state index in [1.165, 1.54) is 11.3 Å². The Morgan fingerprint density at radius 1 is 1.27 bits per heavy atom. The zero-order chi connectivity index (χ0) is 17.9. The van der Waals surface area contributed by atoms with Crippen LogP contribution in [0.5, 0.6) is 0 Å². The van der Waals surface area contributed by atoms with Crippen molar-refractivity contribution in [1.82, 2.24) is 24.8 Å². The van der Waals surface area contributed by atoms with Crippen LogP contribution < -0.4 is 5.32 Å². The standard InChI is InChI=1S/C18H15N5O2S/c1-12-16(26-18(22-12)23-7-2-3-8-23)17(24)21-10-14-15(20-6-5-19-14)13-4-9-25-11-13/h2-9,11H,10H2,1H3,(H,21,24). The van der Waals surface area contributed by atoms with E-state index in [-0.39, 0.29) is 12.5 Å². The van der Waals surface area contributed by atoms with Crippen molar-refractivity contribution in [2.45, 2.75) is 13.5 Å². The average molecular weight is 365 g/mol. The lowest BCUT2D eigenvalue weighted by molar-refractivity contribution is 0.0953. The maximum Gasteiger partial charge on any atom is 0.263 e. The number of aryl methyl sites for hydroxylation is 1. The number of furan rings is 1. The summed E-state index contributed by atoms with van der Waals surface area (Å²) in [6.45, 7) is 2.10. The van der Waals surface area contributed by atoms with E-state index < -0.39 is 0 Å².